The second-order valence-electron chi connectivity index (χ2n) is 6.27. The van der Waals surface area contributed by atoms with E-state index in [4.69, 9.17) is 0 Å². The lowest BCUT2D eigenvalue weighted by Crippen LogP contribution is -2.31. The SMILES string of the molecule is CC(C)NC(=O)Cc1ccc(NC(=O)CC(O)c2ccccc2)cc1. The molecule has 0 aromatic heterocycles. The van der Waals surface area contributed by atoms with Crippen molar-refractivity contribution in [2.24, 2.45) is 0 Å². The van der Waals surface area contributed by atoms with Gasteiger partial charge in [0.05, 0.1) is 18.9 Å². The summed E-state index contributed by atoms with van der Waals surface area (Å²) in [5.74, 6) is -0.292. The molecule has 0 fully saturated rings. The van der Waals surface area contributed by atoms with Gasteiger partial charge in [0, 0.05) is 11.7 Å². The zero-order chi connectivity index (χ0) is 18.2. The van der Waals surface area contributed by atoms with Crippen LogP contribution in [0, 0.1) is 0 Å². The lowest BCUT2D eigenvalue weighted by atomic mass is 10.1. The summed E-state index contributed by atoms with van der Waals surface area (Å²) in [6.45, 7) is 3.83. The Bertz CT molecular complexity index is 697. The van der Waals surface area contributed by atoms with E-state index in [1.165, 1.54) is 0 Å². The summed E-state index contributed by atoms with van der Waals surface area (Å²) in [7, 11) is 0. The van der Waals surface area contributed by atoms with Crippen molar-refractivity contribution in [2.45, 2.75) is 38.8 Å². The van der Waals surface area contributed by atoms with Gasteiger partial charge in [0.2, 0.25) is 11.8 Å². The van der Waals surface area contributed by atoms with Crippen LogP contribution < -0.4 is 10.6 Å². The van der Waals surface area contributed by atoms with Crippen molar-refractivity contribution in [1.82, 2.24) is 5.32 Å². The third-order valence-electron chi connectivity index (χ3n) is 3.62. The van der Waals surface area contributed by atoms with Crippen molar-refractivity contribution in [3.8, 4) is 0 Å². The molecule has 25 heavy (non-hydrogen) atoms. The molecular weight excluding hydrogens is 316 g/mol. The standard InChI is InChI=1S/C20H24N2O3/c1-14(2)21-19(24)12-15-8-10-17(11-9-15)22-20(25)13-18(23)16-6-4-3-5-7-16/h3-11,14,18,23H,12-13H2,1-2H3,(H,21,24)(H,22,25). The highest BCUT2D eigenvalue weighted by atomic mass is 16.3. The number of carbonyl (C=O) groups excluding carboxylic acids is 2. The Labute approximate surface area is 148 Å². The van der Waals surface area contributed by atoms with Crippen LogP contribution in [0.5, 0.6) is 0 Å². The molecule has 0 heterocycles. The summed E-state index contributed by atoms with van der Waals surface area (Å²) in [5, 5.41) is 15.7. The van der Waals surface area contributed by atoms with Crippen LogP contribution in [-0.4, -0.2) is 23.0 Å². The smallest absolute Gasteiger partial charge is 0.227 e. The molecule has 0 saturated carbocycles. The van der Waals surface area contributed by atoms with Gasteiger partial charge in [0.25, 0.3) is 0 Å². The van der Waals surface area contributed by atoms with Gasteiger partial charge in [-0.05, 0) is 37.1 Å². The quantitative estimate of drug-likeness (QED) is 0.725. The first-order valence-corrected chi connectivity index (χ1v) is 8.35. The number of hydrogen-bond donors (Lipinski definition) is 3. The van der Waals surface area contributed by atoms with E-state index in [-0.39, 0.29) is 24.3 Å². The van der Waals surface area contributed by atoms with Crippen LogP contribution in [0.2, 0.25) is 0 Å². The zero-order valence-corrected chi connectivity index (χ0v) is 14.5. The molecule has 0 aliphatic heterocycles. The maximum absolute atomic E-state index is 12.0. The molecule has 1 atom stereocenters. The number of carbonyl (C=O) groups is 2. The first-order chi connectivity index (χ1) is 11.9. The maximum Gasteiger partial charge on any atom is 0.227 e. The van der Waals surface area contributed by atoms with Gasteiger partial charge < -0.3 is 15.7 Å². The van der Waals surface area contributed by atoms with Crippen molar-refractivity contribution in [3.05, 3.63) is 65.7 Å². The van der Waals surface area contributed by atoms with Crippen molar-refractivity contribution in [3.63, 3.8) is 0 Å². The Morgan fingerprint density at radius 3 is 2.20 bits per heavy atom. The van der Waals surface area contributed by atoms with Gasteiger partial charge in [-0.3, -0.25) is 9.59 Å². The highest BCUT2D eigenvalue weighted by Gasteiger charge is 2.13. The Morgan fingerprint density at radius 2 is 1.60 bits per heavy atom. The van der Waals surface area contributed by atoms with E-state index in [2.05, 4.69) is 10.6 Å². The summed E-state index contributed by atoms with van der Waals surface area (Å²) in [5.41, 5.74) is 2.22. The molecule has 5 nitrogen and oxygen atoms in total. The third-order valence-corrected chi connectivity index (χ3v) is 3.62. The van der Waals surface area contributed by atoms with Gasteiger partial charge in [0.1, 0.15) is 0 Å². The summed E-state index contributed by atoms with van der Waals surface area (Å²) < 4.78 is 0. The Balaban J connectivity index is 1.86. The topological polar surface area (TPSA) is 78.4 Å². The number of anilines is 1. The molecule has 0 aliphatic rings. The molecular formula is C20H24N2O3. The van der Waals surface area contributed by atoms with E-state index in [0.717, 1.165) is 5.56 Å². The highest BCUT2D eigenvalue weighted by Crippen LogP contribution is 2.17. The highest BCUT2D eigenvalue weighted by molar-refractivity contribution is 5.91. The summed E-state index contributed by atoms with van der Waals surface area (Å²) in [6.07, 6.45) is -0.540. The predicted molar refractivity (Wildman–Crippen MR) is 98.1 cm³/mol. The fraction of sp³-hybridized carbons (Fsp3) is 0.300. The fourth-order valence-corrected chi connectivity index (χ4v) is 2.44. The number of nitrogens with one attached hydrogen (secondary N) is 2. The number of rotatable bonds is 7. The minimum absolute atomic E-state index is 0.0114. The minimum atomic E-state index is -0.833. The summed E-state index contributed by atoms with van der Waals surface area (Å²) in [6, 6.07) is 16.3. The van der Waals surface area contributed by atoms with Gasteiger partial charge in [-0.25, -0.2) is 0 Å². The first kappa shape index (κ1) is 18.7. The molecule has 0 radical (unpaired) electrons. The van der Waals surface area contributed by atoms with Crippen molar-refractivity contribution >= 4 is 17.5 Å². The van der Waals surface area contributed by atoms with E-state index in [1.54, 1.807) is 24.3 Å². The molecule has 5 heteroatoms. The van der Waals surface area contributed by atoms with Crippen molar-refractivity contribution in [2.75, 3.05) is 5.32 Å². The number of aliphatic hydroxyl groups is 1. The number of amides is 2. The molecule has 2 aromatic carbocycles. The van der Waals surface area contributed by atoms with Crippen LogP contribution in [0.4, 0.5) is 5.69 Å². The van der Waals surface area contributed by atoms with Crippen molar-refractivity contribution in [1.29, 1.82) is 0 Å². The van der Waals surface area contributed by atoms with E-state index >= 15 is 0 Å². The lowest BCUT2D eigenvalue weighted by Gasteiger charge is -2.12. The zero-order valence-electron chi connectivity index (χ0n) is 14.5. The van der Waals surface area contributed by atoms with E-state index in [9.17, 15) is 14.7 Å². The number of benzene rings is 2. The second-order valence-corrected chi connectivity index (χ2v) is 6.27. The normalized spacial score (nSPS) is 11.8. The average molecular weight is 340 g/mol. The van der Waals surface area contributed by atoms with Gasteiger partial charge in [-0.15, -0.1) is 0 Å². The summed E-state index contributed by atoms with van der Waals surface area (Å²) in [4.78, 5) is 23.8. The Kier molecular flexibility index (Phi) is 6.71. The second kappa shape index (κ2) is 8.99. The van der Waals surface area contributed by atoms with E-state index < -0.39 is 6.10 Å². The molecule has 2 amide bonds. The molecule has 0 saturated heterocycles. The molecule has 3 N–H and O–H groups in total. The van der Waals surface area contributed by atoms with Crippen LogP contribution in [0.25, 0.3) is 0 Å². The van der Waals surface area contributed by atoms with Gasteiger partial charge >= 0.3 is 0 Å². The molecule has 132 valence electrons. The molecule has 0 spiro atoms. The van der Waals surface area contributed by atoms with E-state index in [1.807, 2.05) is 44.2 Å². The number of aliphatic hydroxyl groups excluding tert-OH is 1. The molecule has 0 bridgehead atoms. The monoisotopic (exact) mass is 340 g/mol. The molecule has 2 rings (SSSR count). The van der Waals surface area contributed by atoms with Crippen LogP contribution >= 0.6 is 0 Å². The maximum atomic E-state index is 12.0. The van der Waals surface area contributed by atoms with Crippen LogP contribution in [0.1, 0.15) is 37.5 Å². The van der Waals surface area contributed by atoms with Crippen LogP contribution in [0.15, 0.2) is 54.6 Å². The number of hydrogen-bond acceptors (Lipinski definition) is 3. The minimum Gasteiger partial charge on any atom is -0.388 e. The molecule has 2 aromatic rings. The van der Waals surface area contributed by atoms with Crippen LogP contribution in [-0.2, 0) is 16.0 Å². The van der Waals surface area contributed by atoms with E-state index in [0.29, 0.717) is 17.7 Å². The van der Waals surface area contributed by atoms with Crippen molar-refractivity contribution < 1.29 is 14.7 Å². The Morgan fingerprint density at radius 1 is 0.960 bits per heavy atom. The average Bonchev–Trinajstić information content (AvgIpc) is 2.56. The largest absolute Gasteiger partial charge is 0.388 e. The van der Waals surface area contributed by atoms with Gasteiger partial charge in [0.15, 0.2) is 0 Å². The summed E-state index contributed by atoms with van der Waals surface area (Å²) >= 11 is 0. The lowest BCUT2D eigenvalue weighted by molar-refractivity contribution is -0.121. The predicted octanol–water partition coefficient (Wildman–Crippen LogP) is 2.82. The molecule has 1 unspecified atom stereocenters. The fourth-order valence-electron chi connectivity index (χ4n) is 2.44. The van der Waals surface area contributed by atoms with Crippen LogP contribution in [0.3, 0.4) is 0 Å². The van der Waals surface area contributed by atoms with Gasteiger partial charge in [-0.1, -0.05) is 42.5 Å². The van der Waals surface area contributed by atoms with Gasteiger partial charge in [-0.2, -0.15) is 0 Å². The molecule has 0 aliphatic carbocycles. The third kappa shape index (κ3) is 6.39. The Hall–Kier alpha value is -2.66. The first-order valence-electron chi connectivity index (χ1n) is 8.35.